The predicted octanol–water partition coefficient (Wildman–Crippen LogP) is 1.23. The molecule has 1 aliphatic heterocycles. The second-order valence-corrected chi connectivity index (χ2v) is 5.44. The van der Waals surface area contributed by atoms with Crippen molar-refractivity contribution in [3.63, 3.8) is 0 Å². The van der Waals surface area contributed by atoms with Crippen LogP contribution in [0, 0.1) is 0 Å². The lowest BCUT2D eigenvalue weighted by Gasteiger charge is -2.23. The van der Waals surface area contributed by atoms with Crippen LogP contribution >= 0.6 is 0 Å². The van der Waals surface area contributed by atoms with Crippen molar-refractivity contribution in [3.05, 3.63) is 23.7 Å². The molecule has 0 saturated carbocycles. The van der Waals surface area contributed by atoms with Crippen molar-refractivity contribution in [1.29, 1.82) is 0 Å². The molecule has 1 atom stereocenters. The Labute approximate surface area is 131 Å². The molecule has 0 aromatic carbocycles. The first kappa shape index (κ1) is 17.3. The first-order valence-electron chi connectivity index (χ1n) is 7.08. The number of amides is 2. The van der Waals surface area contributed by atoms with Crippen LogP contribution in [-0.2, 0) is 11.3 Å². The third-order valence-corrected chi connectivity index (χ3v) is 3.69. The van der Waals surface area contributed by atoms with E-state index in [2.05, 4.69) is 5.32 Å². The van der Waals surface area contributed by atoms with E-state index in [1.54, 1.807) is 18.0 Å². The van der Waals surface area contributed by atoms with Gasteiger partial charge in [0.15, 0.2) is 5.76 Å². The molecule has 0 bridgehead atoms. The van der Waals surface area contributed by atoms with Gasteiger partial charge in [-0.3, -0.25) is 14.5 Å². The smallest absolute Gasteiger partial charge is 0.406 e. The number of likely N-dealkylation sites (N-methyl/N-ethyl adjacent to an activating group) is 1. The predicted molar refractivity (Wildman–Crippen MR) is 74.6 cm³/mol. The molecule has 6 nitrogen and oxygen atoms in total. The number of hydrogen-bond acceptors (Lipinski definition) is 4. The van der Waals surface area contributed by atoms with Crippen molar-refractivity contribution in [3.8, 4) is 0 Å². The minimum Gasteiger partial charge on any atom is -0.455 e. The fourth-order valence-corrected chi connectivity index (χ4v) is 2.57. The third kappa shape index (κ3) is 4.25. The number of nitrogens with zero attached hydrogens (tertiary/aromatic N) is 2. The molecule has 1 fully saturated rings. The second kappa shape index (κ2) is 6.61. The van der Waals surface area contributed by atoms with Crippen LogP contribution in [0.2, 0.25) is 0 Å². The van der Waals surface area contributed by atoms with Gasteiger partial charge in [0.1, 0.15) is 12.3 Å². The van der Waals surface area contributed by atoms with Crippen molar-refractivity contribution in [2.45, 2.75) is 25.2 Å². The summed E-state index contributed by atoms with van der Waals surface area (Å²) in [5.41, 5.74) is 0. The molecular weight excluding hydrogens is 315 g/mol. The Kier molecular flexibility index (Phi) is 4.98. The average Bonchev–Trinajstić information content (AvgIpc) is 3.05. The Bertz CT molecular complexity index is 585. The number of hydrogen-bond donors (Lipinski definition) is 1. The molecule has 2 amide bonds. The van der Waals surface area contributed by atoms with Crippen LogP contribution in [0.4, 0.5) is 13.2 Å². The van der Waals surface area contributed by atoms with Gasteiger partial charge in [-0.2, -0.15) is 13.2 Å². The highest BCUT2D eigenvalue weighted by molar-refractivity contribution is 5.91. The zero-order valence-electron chi connectivity index (χ0n) is 12.8. The molecule has 0 radical (unpaired) electrons. The van der Waals surface area contributed by atoms with Gasteiger partial charge in [0, 0.05) is 13.6 Å². The quantitative estimate of drug-likeness (QED) is 0.880. The first-order chi connectivity index (χ1) is 10.7. The highest BCUT2D eigenvalue weighted by atomic mass is 19.4. The van der Waals surface area contributed by atoms with E-state index in [9.17, 15) is 22.8 Å². The molecule has 0 unspecified atom stereocenters. The number of alkyl halides is 3. The summed E-state index contributed by atoms with van der Waals surface area (Å²) in [5, 5.41) is 2.42. The van der Waals surface area contributed by atoms with Gasteiger partial charge in [-0.1, -0.05) is 0 Å². The van der Waals surface area contributed by atoms with E-state index in [1.165, 1.54) is 13.1 Å². The summed E-state index contributed by atoms with van der Waals surface area (Å²) in [4.78, 5) is 25.9. The summed E-state index contributed by atoms with van der Waals surface area (Å²) < 4.78 is 42.6. The number of rotatable bonds is 5. The molecule has 128 valence electrons. The zero-order chi connectivity index (χ0) is 17.2. The number of halogens is 3. The highest BCUT2D eigenvalue weighted by Crippen LogP contribution is 2.24. The summed E-state index contributed by atoms with van der Waals surface area (Å²) in [6.07, 6.45) is -4.07. The fraction of sp³-hybridized carbons (Fsp3) is 0.571. The largest absolute Gasteiger partial charge is 0.455 e. The van der Waals surface area contributed by atoms with Crippen molar-refractivity contribution in [2.24, 2.45) is 0 Å². The molecule has 1 N–H and O–H groups in total. The fourth-order valence-electron chi connectivity index (χ4n) is 2.57. The Morgan fingerprint density at radius 1 is 1.48 bits per heavy atom. The molecule has 2 rings (SSSR count). The Balaban J connectivity index is 1.96. The maximum absolute atomic E-state index is 12.4. The van der Waals surface area contributed by atoms with Gasteiger partial charge in [0.2, 0.25) is 5.91 Å². The van der Waals surface area contributed by atoms with Gasteiger partial charge in [0.05, 0.1) is 12.6 Å². The molecule has 1 aliphatic rings. The maximum atomic E-state index is 12.4. The van der Waals surface area contributed by atoms with E-state index >= 15 is 0 Å². The van der Waals surface area contributed by atoms with Crippen LogP contribution < -0.4 is 5.32 Å². The zero-order valence-corrected chi connectivity index (χ0v) is 12.8. The summed E-state index contributed by atoms with van der Waals surface area (Å²) in [6.45, 7) is -0.917. The number of nitrogens with one attached hydrogen (secondary N) is 1. The van der Waals surface area contributed by atoms with E-state index in [1.807, 2.05) is 0 Å². The number of likely N-dealkylation sites (tertiary alicyclic amines) is 1. The van der Waals surface area contributed by atoms with E-state index in [0.717, 1.165) is 4.90 Å². The molecule has 1 aromatic heterocycles. The van der Waals surface area contributed by atoms with Gasteiger partial charge in [-0.05, 0) is 25.6 Å². The van der Waals surface area contributed by atoms with Crippen LogP contribution in [-0.4, -0.2) is 61.0 Å². The van der Waals surface area contributed by atoms with Crippen LogP contribution in [0.5, 0.6) is 0 Å². The third-order valence-electron chi connectivity index (χ3n) is 3.69. The van der Waals surface area contributed by atoms with Crippen molar-refractivity contribution in [1.82, 2.24) is 15.1 Å². The summed E-state index contributed by atoms with van der Waals surface area (Å²) in [6, 6.07) is 2.49. The van der Waals surface area contributed by atoms with Gasteiger partial charge >= 0.3 is 6.18 Å². The normalized spacial score (nSPS) is 18.8. The van der Waals surface area contributed by atoms with E-state index < -0.39 is 24.7 Å². The SMILES string of the molecule is CNC(=O)c1ccc(CN(C)[C@H]2CCN(CC(F)(F)F)C2=O)o1. The lowest BCUT2D eigenvalue weighted by atomic mass is 10.2. The van der Waals surface area contributed by atoms with Crippen LogP contribution in [0.25, 0.3) is 0 Å². The topological polar surface area (TPSA) is 65.8 Å². The van der Waals surface area contributed by atoms with Gasteiger partial charge in [0.25, 0.3) is 5.91 Å². The van der Waals surface area contributed by atoms with Crippen molar-refractivity contribution >= 4 is 11.8 Å². The molecule has 0 spiro atoms. The number of carbonyl (C=O) groups excluding carboxylic acids is 2. The number of carbonyl (C=O) groups is 2. The Morgan fingerprint density at radius 2 is 2.17 bits per heavy atom. The molecule has 23 heavy (non-hydrogen) atoms. The summed E-state index contributed by atoms with van der Waals surface area (Å²) in [5.74, 6) is -0.296. The molecule has 1 saturated heterocycles. The Hall–Kier alpha value is -2.03. The molecular formula is C14H18F3N3O3. The van der Waals surface area contributed by atoms with Crippen LogP contribution in [0.1, 0.15) is 22.7 Å². The standard InChI is InChI=1S/C14H18F3N3O3/c1-18-12(21)11-4-3-9(23-11)7-19(2)10-5-6-20(13(10)22)8-14(15,16)17/h3-4,10H,5-8H2,1-2H3,(H,18,21)/t10-/m0/s1. The second-order valence-electron chi connectivity index (χ2n) is 5.44. The van der Waals surface area contributed by atoms with Crippen molar-refractivity contribution < 1.29 is 27.2 Å². The minimum atomic E-state index is -4.40. The van der Waals surface area contributed by atoms with E-state index in [0.29, 0.717) is 12.2 Å². The molecule has 1 aromatic rings. The van der Waals surface area contributed by atoms with E-state index in [4.69, 9.17) is 4.42 Å². The van der Waals surface area contributed by atoms with Crippen LogP contribution in [0.3, 0.4) is 0 Å². The molecule has 9 heteroatoms. The Morgan fingerprint density at radius 3 is 2.78 bits per heavy atom. The monoisotopic (exact) mass is 333 g/mol. The summed E-state index contributed by atoms with van der Waals surface area (Å²) in [7, 11) is 3.12. The van der Waals surface area contributed by atoms with E-state index in [-0.39, 0.29) is 24.8 Å². The highest BCUT2D eigenvalue weighted by Gasteiger charge is 2.40. The van der Waals surface area contributed by atoms with Gasteiger partial charge in [-0.15, -0.1) is 0 Å². The lowest BCUT2D eigenvalue weighted by molar-refractivity contribution is -0.159. The molecule has 2 heterocycles. The molecule has 0 aliphatic carbocycles. The lowest BCUT2D eigenvalue weighted by Crippen LogP contribution is -2.42. The van der Waals surface area contributed by atoms with Crippen LogP contribution in [0.15, 0.2) is 16.5 Å². The number of furan rings is 1. The summed E-state index contributed by atoms with van der Waals surface area (Å²) >= 11 is 0. The minimum absolute atomic E-state index is 0.0784. The van der Waals surface area contributed by atoms with Gasteiger partial charge < -0.3 is 14.6 Å². The maximum Gasteiger partial charge on any atom is 0.406 e. The average molecular weight is 333 g/mol. The first-order valence-corrected chi connectivity index (χ1v) is 7.08. The van der Waals surface area contributed by atoms with Crippen molar-refractivity contribution in [2.75, 3.05) is 27.2 Å². The van der Waals surface area contributed by atoms with Gasteiger partial charge in [-0.25, -0.2) is 0 Å².